The summed E-state index contributed by atoms with van der Waals surface area (Å²) in [6.07, 6.45) is 7.80. The average Bonchev–Trinajstić information content (AvgIpc) is 3.13. The maximum atomic E-state index is 14.4. The second kappa shape index (κ2) is 7.23. The highest BCUT2D eigenvalue weighted by Gasteiger charge is 2.34. The first-order valence-electron chi connectivity index (χ1n) is 10.2. The van der Waals surface area contributed by atoms with Crippen LogP contribution in [0.4, 0.5) is 10.1 Å². The van der Waals surface area contributed by atoms with Crippen LogP contribution in [0.25, 0.3) is 10.9 Å². The highest BCUT2D eigenvalue weighted by Crippen LogP contribution is 2.35. The highest BCUT2D eigenvalue weighted by molar-refractivity contribution is 6.13. The molecule has 5 rings (SSSR count). The van der Waals surface area contributed by atoms with Crippen LogP contribution in [-0.2, 0) is 13.1 Å². The zero-order chi connectivity index (χ0) is 20.7. The molecule has 2 aliphatic heterocycles. The van der Waals surface area contributed by atoms with Gasteiger partial charge in [0.25, 0.3) is 5.91 Å². The summed E-state index contributed by atoms with van der Waals surface area (Å²) in [6, 6.07) is 15.7. The maximum absolute atomic E-state index is 14.4. The number of terminal acetylenes is 1. The third-order valence-electron chi connectivity index (χ3n) is 6.24. The summed E-state index contributed by atoms with van der Waals surface area (Å²) in [5, 5.41) is 1.05. The van der Waals surface area contributed by atoms with Crippen LogP contribution in [0.15, 0.2) is 54.7 Å². The van der Waals surface area contributed by atoms with Crippen molar-refractivity contribution in [1.82, 2.24) is 9.88 Å². The van der Waals surface area contributed by atoms with Crippen molar-refractivity contribution in [3.63, 3.8) is 0 Å². The number of alkyl halides is 1. The smallest absolute Gasteiger partial charge is 0.259 e. The summed E-state index contributed by atoms with van der Waals surface area (Å²) in [4.78, 5) is 21.8. The fourth-order valence-corrected chi connectivity index (χ4v) is 4.50. The Morgan fingerprint density at radius 3 is 2.63 bits per heavy atom. The molecule has 5 heteroatoms. The number of para-hydroxylation sites is 1. The Bertz CT molecular complexity index is 1160. The number of piperidine rings is 1. The molecular weight excluding hydrogens is 377 g/mol. The predicted molar refractivity (Wildman–Crippen MR) is 116 cm³/mol. The lowest BCUT2D eigenvalue weighted by Gasteiger charge is -2.33. The number of pyridine rings is 1. The maximum Gasteiger partial charge on any atom is 0.259 e. The normalized spacial score (nSPS) is 18.4. The van der Waals surface area contributed by atoms with Crippen LogP contribution in [0.2, 0.25) is 0 Å². The minimum absolute atomic E-state index is 0.00115. The Morgan fingerprint density at radius 2 is 1.90 bits per heavy atom. The molecule has 4 nitrogen and oxygen atoms in total. The first kappa shape index (κ1) is 18.8. The molecule has 2 aromatic carbocycles. The Balaban J connectivity index is 1.50. The van der Waals surface area contributed by atoms with Crippen molar-refractivity contribution >= 4 is 22.5 Å². The number of fused-ring (bicyclic) bond motifs is 3. The number of amides is 1. The van der Waals surface area contributed by atoms with Crippen LogP contribution in [0.1, 0.15) is 34.3 Å². The van der Waals surface area contributed by atoms with Gasteiger partial charge in [-0.3, -0.25) is 14.7 Å². The molecule has 0 radical (unpaired) electrons. The molecule has 0 spiro atoms. The highest BCUT2D eigenvalue weighted by atomic mass is 19.1. The zero-order valence-corrected chi connectivity index (χ0v) is 16.6. The largest absolute Gasteiger partial charge is 0.304 e. The van der Waals surface area contributed by atoms with Crippen LogP contribution < -0.4 is 4.90 Å². The lowest BCUT2D eigenvalue weighted by atomic mass is 9.93. The number of likely N-dealkylation sites (tertiary alicyclic amines) is 1. The van der Waals surface area contributed by atoms with Gasteiger partial charge in [0.2, 0.25) is 0 Å². The molecule has 1 amide bonds. The monoisotopic (exact) mass is 399 g/mol. The second-order valence-corrected chi connectivity index (χ2v) is 8.07. The molecule has 0 aliphatic carbocycles. The van der Waals surface area contributed by atoms with Crippen molar-refractivity contribution in [1.29, 1.82) is 0 Å². The first-order valence-corrected chi connectivity index (χ1v) is 10.2. The molecular formula is C25H22FN3O. The van der Waals surface area contributed by atoms with E-state index in [1.165, 1.54) is 0 Å². The molecule has 2 aliphatic rings. The average molecular weight is 399 g/mol. The molecule has 0 N–H and O–H groups in total. The van der Waals surface area contributed by atoms with Gasteiger partial charge in [-0.15, -0.1) is 6.42 Å². The number of hydrogen-bond donors (Lipinski definition) is 0. The second-order valence-electron chi connectivity index (χ2n) is 8.07. The van der Waals surface area contributed by atoms with Crippen LogP contribution in [0.5, 0.6) is 0 Å². The third kappa shape index (κ3) is 3.14. The van der Waals surface area contributed by atoms with Crippen LogP contribution in [0, 0.1) is 12.3 Å². The third-order valence-corrected chi connectivity index (χ3v) is 6.24. The van der Waals surface area contributed by atoms with E-state index in [4.69, 9.17) is 6.42 Å². The summed E-state index contributed by atoms with van der Waals surface area (Å²) in [7, 11) is 0. The molecule has 0 atom stereocenters. The van der Waals surface area contributed by atoms with Crippen molar-refractivity contribution in [3.05, 3.63) is 71.4 Å². The van der Waals surface area contributed by atoms with Gasteiger partial charge in [-0.05, 0) is 29.8 Å². The van der Waals surface area contributed by atoms with E-state index in [1.54, 1.807) is 11.1 Å². The number of halogens is 1. The molecule has 0 bridgehead atoms. The lowest BCUT2D eigenvalue weighted by Crippen LogP contribution is -2.40. The Kier molecular flexibility index (Phi) is 4.52. The minimum Gasteiger partial charge on any atom is -0.304 e. The van der Waals surface area contributed by atoms with E-state index < -0.39 is 5.67 Å². The molecule has 30 heavy (non-hydrogen) atoms. The molecule has 0 unspecified atom stereocenters. The number of nitrogens with zero attached hydrogens (tertiary/aromatic N) is 3. The number of carbonyl (C=O) groups is 1. The van der Waals surface area contributed by atoms with Crippen molar-refractivity contribution in [2.24, 2.45) is 0 Å². The minimum atomic E-state index is -1.50. The van der Waals surface area contributed by atoms with Gasteiger partial charge in [0.1, 0.15) is 0 Å². The number of aromatic nitrogens is 1. The van der Waals surface area contributed by atoms with E-state index in [-0.39, 0.29) is 5.91 Å². The number of carbonyl (C=O) groups excluding carboxylic acids is 1. The molecule has 1 aromatic heterocycles. The lowest BCUT2D eigenvalue weighted by molar-refractivity contribution is 0.0994. The quantitative estimate of drug-likeness (QED) is 0.615. The van der Waals surface area contributed by atoms with E-state index in [0.29, 0.717) is 44.6 Å². The fraction of sp³-hybridized carbons (Fsp3) is 0.280. The predicted octanol–water partition coefficient (Wildman–Crippen LogP) is 4.33. The van der Waals surface area contributed by atoms with Crippen LogP contribution in [0.3, 0.4) is 0 Å². The van der Waals surface area contributed by atoms with Crippen molar-refractivity contribution < 1.29 is 9.18 Å². The van der Waals surface area contributed by atoms with E-state index in [1.807, 2.05) is 42.5 Å². The summed E-state index contributed by atoms with van der Waals surface area (Å²) >= 11 is 0. The Hall–Kier alpha value is -3.23. The van der Waals surface area contributed by atoms with Gasteiger partial charge in [-0.2, -0.15) is 0 Å². The van der Waals surface area contributed by atoms with E-state index in [2.05, 4.69) is 21.9 Å². The van der Waals surface area contributed by atoms with Crippen molar-refractivity contribution in [3.8, 4) is 12.3 Å². The van der Waals surface area contributed by atoms with E-state index in [0.717, 1.165) is 27.7 Å². The van der Waals surface area contributed by atoms with E-state index in [9.17, 15) is 9.18 Å². The number of hydrogen-bond acceptors (Lipinski definition) is 3. The van der Waals surface area contributed by atoms with Crippen molar-refractivity contribution in [2.45, 2.75) is 31.6 Å². The van der Waals surface area contributed by atoms with Gasteiger partial charge in [0.15, 0.2) is 5.67 Å². The zero-order valence-electron chi connectivity index (χ0n) is 16.6. The van der Waals surface area contributed by atoms with Crippen molar-refractivity contribution in [2.75, 3.05) is 18.0 Å². The summed E-state index contributed by atoms with van der Waals surface area (Å²) < 4.78 is 14.4. The Labute approximate surface area is 175 Å². The van der Waals surface area contributed by atoms with Crippen LogP contribution >= 0.6 is 0 Å². The van der Waals surface area contributed by atoms with E-state index >= 15 is 0 Å². The standard InChI is InChI=1S/C25H22FN3O/c1-2-25(26)10-13-28(14-11-25)16-18-15-21-22(23-20(18)9-6-12-27-23)17-29(24(21)30)19-7-4-3-5-8-19/h1,3-9,12,15H,10-11,13-14,16-17H2. The van der Waals surface area contributed by atoms with Gasteiger partial charge < -0.3 is 4.90 Å². The molecule has 3 aromatic rings. The fourth-order valence-electron chi connectivity index (χ4n) is 4.50. The van der Waals surface area contributed by atoms with Gasteiger partial charge in [-0.25, -0.2) is 4.39 Å². The van der Waals surface area contributed by atoms with Gasteiger partial charge in [0, 0.05) is 60.9 Å². The van der Waals surface area contributed by atoms with Gasteiger partial charge in [-0.1, -0.05) is 30.2 Å². The first-order chi connectivity index (χ1) is 14.6. The summed E-state index contributed by atoms with van der Waals surface area (Å²) in [5.74, 6) is 2.30. The topological polar surface area (TPSA) is 36.4 Å². The molecule has 0 saturated carbocycles. The SMILES string of the molecule is C#CC1(F)CCN(Cc2cc3c(c4ncccc24)CN(c2ccccc2)C3=O)CC1. The Morgan fingerprint density at radius 1 is 1.13 bits per heavy atom. The molecule has 150 valence electrons. The number of anilines is 1. The molecule has 3 heterocycles. The summed E-state index contributed by atoms with van der Waals surface area (Å²) in [6.45, 7) is 2.37. The van der Waals surface area contributed by atoms with Crippen LogP contribution in [-0.4, -0.2) is 34.5 Å². The van der Waals surface area contributed by atoms with Gasteiger partial charge in [0.05, 0.1) is 12.1 Å². The molecule has 1 fully saturated rings. The summed E-state index contributed by atoms with van der Waals surface area (Å²) in [5.41, 5.74) is 2.99. The van der Waals surface area contributed by atoms with Gasteiger partial charge >= 0.3 is 0 Å². The number of benzene rings is 2. The number of rotatable bonds is 3. The molecule has 1 saturated heterocycles.